The van der Waals surface area contributed by atoms with Crippen molar-refractivity contribution >= 4 is 11.8 Å². The number of piperidine rings is 1. The van der Waals surface area contributed by atoms with Crippen LogP contribution < -0.4 is 10.6 Å². The summed E-state index contributed by atoms with van der Waals surface area (Å²) < 4.78 is 9.50. The van der Waals surface area contributed by atoms with E-state index in [9.17, 15) is 4.39 Å². The summed E-state index contributed by atoms with van der Waals surface area (Å²) in [5.41, 5.74) is 5.62. The van der Waals surface area contributed by atoms with Crippen molar-refractivity contribution in [3.8, 4) is 0 Å². The monoisotopic (exact) mass is 226 g/mol. The van der Waals surface area contributed by atoms with Gasteiger partial charge in [-0.2, -0.15) is 4.98 Å². The highest BCUT2D eigenvalue weighted by atomic mass is 19.1. The normalized spacial score (nSPS) is 19.9. The van der Waals surface area contributed by atoms with Gasteiger partial charge in [0.15, 0.2) is 0 Å². The van der Waals surface area contributed by atoms with Crippen molar-refractivity contribution in [2.24, 2.45) is 5.92 Å². The van der Waals surface area contributed by atoms with Gasteiger partial charge < -0.3 is 10.6 Å². The van der Waals surface area contributed by atoms with Crippen LogP contribution in [0.5, 0.6) is 0 Å². The highest BCUT2D eigenvalue weighted by Crippen LogP contribution is 2.19. The molecular weight excluding hydrogens is 207 g/mol. The van der Waals surface area contributed by atoms with Crippen molar-refractivity contribution in [2.75, 3.05) is 30.9 Å². The molecule has 1 fully saturated rings. The predicted octanol–water partition coefficient (Wildman–Crippen LogP) is 1.88. The second kappa shape index (κ2) is 6.25. The minimum absolute atomic E-state index is 0.500. The van der Waals surface area contributed by atoms with Gasteiger partial charge in [-0.25, -0.2) is 4.98 Å². The summed E-state index contributed by atoms with van der Waals surface area (Å²) >= 11 is 0. The first-order valence-corrected chi connectivity index (χ1v) is 5.47. The molecule has 4 nitrogen and oxygen atoms in total. The van der Waals surface area contributed by atoms with Crippen LogP contribution in [0.1, 0.15) is 19.8 Å². The fourth-order valence-corrected chi connectivity index (χ4v) is 1.89. The minimum atomic E-state index is 0.500. The largest absolute Gasteiger partial charge is 0.384 e. The Kier molecular flexibility index (Phi) is 4.95. The van der Waals surface area contributed by atoms with Gasteiger partial charge in [0, 0.05) is 19.3 Å². The topological polar surface area (TPSA) is 55.0 Å². The Balaban J connectivity index is 0.000000606. The second-order valence-electron chi connectivity index (χ2n) is 3.97. The lowest BCUT2D eigenvalue weighted by Crippen LogP contribution is -2.35. The second-order valence-corrected chi connectivity index (χ2v) is 3.97. The Labute approximate surface area is 95.7 Å². The average Bonchev–Trinajstić information content (AvgIpc) is 2.32. The van der Waals surface area contributed by atoms with Crippen molar-refractivity contribution in [1.29, 1.82) is 0 Å². The highest BCUT2D eigenvalue weighted by Gasteiger charge is 2.18. The Hall–Kier alpha value is -1.39. The van der Waals surface area contributed by atoms with Gasteiger partial charge in [-0.1, -0.05) is 6.92 Å². The minimum Gasteiger partial charge on any atom is -0.384 e. The lowest BCUT2D eigenvalue weighted by Gasteiger charge is -2.30. The van der Waals surface area contributed by atoms with E-state index in [1.54, 1.807) is 12.3 Å². The number of anilines is 2. The maximum atomic E-state index is 9.50. The van der Waals surface area contributed by atoms with Crippen molar-refractivity contribution < 1.29 is 4.39 Å². The van der Waals surface area contributed by atoms with E-state index in [1.165, 1.54) is 12.8 Å². The Morgan fingerprint density at radius 3 is 2.88 bits per heavy atom. The predicted molar refractivity (Wildman–Crippen MR) is 64.1 cm³/mol. The third-order valence-corrected chi connectivity index (χ3v) is 2.60. The summed E-state index contributed by atoms with van der Waals surface area (Å²) in [5.74, 6) is 2.05. The SMILES string of the molecule is CC1CCCN(c2nccc(N)n2)C1.CF. The molecule has 0 aromatic carbocycles. The summed E-state index contributed by atoms with van der Waals surface area (Å²) in [5, 5.41) is 0. The number of rotatable bonds is 1. The molecule has 5 heteroatoms. The number of nitrogens with zero attached hydrogens (tertiary/aromatic N) is 3. The van der Waals surface area contributed by atoms with Crippen LogP contribution >= 0.6 is 0 Å². The molecule has 1 aromatic rings. The van der Waals surface area contributed by atoms with E-state index in [1.807, 2.05) is 0 Å². The molecule has 0 radical (unpaired) electrons. The number of alkyl halides is 1. The van der Waals surface area contributed by atoms with Gasteiger partial charge in [-0.15, -0.1) is 0 Å². The molecule has 2 N–H and O–H groups in total. The van der Waals surface area contributed by atoms with E-state index in [4.69, 9.17) is 5.73 Å². The molecule has 1 aliphatic rings. The number of aromatic nitrogens is 2. The number of nitrogen functional groups attached to an aromatic ring is 1. The van der Waals surface area contributed by atoms with Gasteiger partial charge in [0.05, 0.1) is 7.18 Å². The van der Waals surface area contributed by atoms with Crippen LogP contribution in [0, 0.1) is 5.92 Å². The highest BCUT2D eigenvalue weighted by molar-refractivity contribution is 5.37. The van der Waals surface area contributed by atoms with Gasteiger partial charge in [0.25, 0.3) is 0 Å². The summed E-state index contributed by atoms with van der Waals surface area (Å²) in [7, 11) is 0.500. The zero-order chi connectivity index (χ0) is 12.0. The van der Waals surface area contributed by atoms with E-state index in [0.29, 0.717) is 13.0 Å². The lowest BCUT2D eigenvalue weighted by molar-refractivity contribution is 0.442. The molecule has 0 saturated carbocycles. The van der Waals surface area contributed by atoms with Crippen LogP contribution in [0.15, 0.2) is 12.3 Å². The van der Waals surface area contributed by atoms with E-state index in [0.717, 1.165) is 25.0 Å². The van der Waals surface area contributed by atoms with E-state index in [-0.39, 0.29) is 0 Å². The van der Waals surface area contributed by atoms with Crippen LogP contribution in [0.25, 0.3) is 0 Å². The molecule has 16 heavy (non-hydrogen) atoms. The van der Waals surface area contributed by atoms with E-state index in [2.05, 4.69) is 21.8 Å². The molecular formula is C11H19FN4. The molecule has 1 aromatic heterocycles. The first-order valence-electron chi connectivity index (χ1n) is 5.47. The maximum absolute atomic E-state index is 9.50. The van der Waals surface area contributed by atoms with Crippen molar-refractivity contribution in [3.63, 3.8) is 0 Å². The van der Waals surface area contributed by atoms with Gasteiger partial charge >= 0.3 is 0 Å². The molecule has 0 spiro atoms. The first-order chi connectivity index (χ1) is 7.75. The Morgan fingerprint density at radius 1 is 1.50 bits per heavy atom. The van der Waals surface area contributed by atoms with Crippen LogP contribution in [0.4, 0.5) is 16.2 Å². The van der Waals surface area contributed by atoms with Gasteiger partial charge in [0.2, 0.25) is 5.95 Å². The third-order valence-electron chi connectivity index (χ3n) is 2.60. The number of hydrogen-bond acceptors (Lipinski definition) is 4. The molecule has 1 unspecified atom stereocenters. The van der Waals surface area contributed by atoms with Gasteiger partial charge in [-0.3, -0.25) is 4.39 Å². The molecule has 2 rings (SSSR count). The molecule has 2 heterocycles. The number of halogens is 1. The molecule has 1 atom stereocenters. The fourth-order valence-electron chi connectivity index (χ4n) is 1.89. The first kappa shape index (κ1) is 12.7. The van der Waals surface area contributed by atoms with Crippen molar-refractivity contribution in [3.05, 3.63) is 12.3 Å². The van der Waals surface area contributed by atoms with Gasteiger partial charge in [0.1, 0.15) is 5.82 Å². The summed E-state index contributed by atoms with van der Waals surface area (Å²) in [6, 6.07) is 1.72. The maximum Gasteiger partial charge on any atom is 0.227 e. The van der Waals surface area contributed by atoms with E-state index >= 15 is 0 Å². The smallest absolute Gasteiger partial charge is 0.227 e. The standard InChI is InChI=1S/C10H16N4.CH3F/c1-8-3-2-6-14(7-8)10-12-5-4-9(11)13-10;1-2/h4-5,8H,2-3,6-7H2,1H3,(H2,11,12,13);1H3. The molecule has 0 amide bonds. The molecule has 0 aliphatic carbocycles. The van der Waals surface area contributed by atoms with Crippen LogP contribution in [-0.4, -0.2) is 30.2 Å². The Bertz CT molecular complexity index is 319. The van der Waals surface area contributed by atoms with E-state index < -0.39 is 0 Å². The molecule has 1 saturated heterocycles. The van der Waals surface area contributed by atoms with Crippen molar-refractivity contribution in [1.82, 2.24) is 9.97 Å². The zero-order valence-corrected chi connectivity index (χ0v) is 9.86. The van der Waals surface area contributed by atoms with Crippen molar-refractivity contribution in [2.45, 2.75) is 19.8 Å². The van der Waals surface area contributed by atoms with Crippen LogP contribution in [-0.2, 0) is 0 Å². The average molecular weight is 226 g/mol. The quantitative estimate of drug-likeness (QED) is 0.794. The number of hydrogen-bond donors (Lipinski definition) is 1. The lowest BCUT2D eigenvalue weighted by atomic mass is 10.0. The van der Waals surface area contributed by atoms with Gasteiger partial charge in [-0.05, 0) is 24.8 Å². The van der Waals surface area contributed by atoms with Crippen LogP contribution in [0.2, 0.25) is 0 Å². The molecule has 90 valence electrons. The summed E-state index contributed by atoms with van der Waals surface area (Å²) in [6.07, 6.45) is 4.25. The molecule has 0 bridgehead atoms. The third kappa shape index (κ3) is 3.32. The fraction of sp³-hybridized carbons (Fsp3) is 0.636. The zero-order valence-electron chi connectivity index (χ0n) is 9.86. The Morgan fingerprint density at radius 2 is 2.25 bits per heavy atom. The summed E-state index contributed by atoms with van der Waals surface area (Å²) in [6.45, 7) is 4.36. The van der Waals surface area contributed by atoms with Crippen LogP contribution in [0.3, 0.4) is 0 Å². The summed E-state index contributed by atoms with van der Waals surface area (Å²) in [4.78, 5) is 10.7. The molecule has 1 aliphatic heterocycles. The number of nitrogens with two attached hydrogens (primary N) is 1.